The number of hydrogen-bond acceptors (Lipinski definition) is 4. The number of fused-ring (bicyclic) bond motifs is 5. The van der Waals surface area contributed by atoms with Gasteiger partial charge in [0, 0.05) is 37.4 Å². The number of rotatable bonds is 8. The summed E-state index contributed by atoms with van der Waals surface area (Å²) in [7, 11) is 0. The van der Waals surface area contributed by atoms with Gasteiger partial charge in [-0.25, -0.2) is 4.98 Å². The van der Waals surface area contributed by atoms with Crippen LogP contribution < -0.4 is 4.40 Å². The summed E-state index contributed by atoms with van der Waals surface area (Å²) in [6.45, 7) is 13.7. The smallest absolute Gasteiger partial charge is 0.216 e. The van der Waals surface area contributed by atoms with Gasteiger partial charge < -0.3 is 8.98 Å². The Balaban J connectivity index is 0.000000214. The molecule has 4 heterocycles. The number of furan rings is 1. The summed E-state index contributed by atoms with van der Waals surface area (Å²) in [5.74, 6) is 9.44. The molecule has 0 fully saturated rings. The summed E-state index contributed by atoms with van der Waals surface area (Å²) in [6.07, 6.45) is 5.04. The predicted molar refractivity (Wildman–Crippen MR) is 246 cm³/mol. The van der Waals surface area contributed by atoms with Gasteiger partial charge in [0.05, 0.1) is 22.4 Å². The van der Waals surface area contributed by atoms with Crippen molar-refractivity contribution in [2.45, 2.75) is 77.1 Å². The second kappa shape index (κ2) is 17.4. The van der Waals surface area contributed by atoms with E-state index in [1.165, 1.54) is 33.2 Å². The van der Waals surface area contributed by atoms with Gasteiger partial charge in [-0.1, -0.05) is 75.0 Å². The van der Waals surface area contributed by atoms with E-state index in [2.05, 4.69) is 159 Å². The third kappa shape index (κ3) is 8.33. The molecule has 9 rings (SSSR count). The van der Waals surface area contributed by atoms with Crippen molar-refractivity contribution in [3.63, 3.8) is 0 Å². The van der Waals surface area contributed by atoms with E-state index in [0.717, 1.165) is 56.5 Å². The van der Waals surface area contributed by atoms with Crippen LogP contribution in [0.4, 0.5) is 0 Å². The van der Waals surface area contributed by atoms with Crippen molar-refractivity contribution in [1.82, 2.24) is 19.5 Å². The molecule has 301 valence electrons. The topological polar surface area (TPSA) is 56.7 Å². The Morgan fingerprint density at radius 1 is 0.729 bits per heavy atom. The largest absolute Gasteiger partial charge is 0.486 e. The normalized spacial score (nSPS) is 11.9. The van der Waals surface area contributed by atoms with E-state index in [-0.39, 0.29) is 20.1 Å². The summed E-state index contributed by atoms with van der Waals surface area (Å²) in [5.41, 5.74) is 11.7. The molecule has 5 aromatic carbocycles. The average molecular weight is 1010 g/mol. The minimum Gasteiger partial charge on any atom is -0.486 e. The fourth-order valence-electron chi connectivity index (χ4n) is 8.30. The fourth-order valence-corrected chi connectivity index (χ4v) is 11.6. The van der Waals surface area contributed by atoms with Crippen molar-refractivity contribution in [2.24, 2.45) is 5.92 Å². The van der Waals surface area contributed by atoms with Crippen molar-refractivity contribution in [1.29, 1.82) is 0 Å². The number of benzene rings is 5. The number of hydrogen-bond donors (Lipinski definition) is 0. The molecule has 1 radical (unpaired) electrons. The van der Waals surface area contributed by atoms with Gasteiger partial charge in [0.25, 0.3) is 0 Å². The van der Waals surface area contributed by atoms with Crippen LogP contribution in [0.1, 0.15) is 70.1 Å². The molecule has 0 aliphatic carbocycles. The molecule has 59 heavy (non-hydrogen) atoms. The van der Waals surface area contributed by atoms with Crippen molar-refractivity contribution in [3.8, 4) is 28.3 Å². The van der Waals surface area contributed by atoms with Gasteiger partial charge in [-0.15, -0.1) is 18.2 Å². The van der Waals surface area contributed by atoms with E-state index < -0.39 is 13.3 Å². The molecule has 0 unspecified atom stereocenters. The van der Waals surface area contributed by atoms with Crippen molar-refractivity contribution < 1.29 is 24.5 Å². The van der Waals surface area contributed by atoms with Gasteiger partial charge in [0.2, 0.25) is 5.71 Å². The molecule has 0 saturated carbocycles. The van der Waals surface area contributed by atoms with Gasteiger partial charge in [-0.05, 0) is 64.1 Å². The Labute approximate surface area is 365 Å². The molecule has 0 amide bonds. The molecule has 0 saturated heterocycles. The first-order valence-electron chi connectivity index (χ1n) is 20.6. The van der Waals surface area contributed by atoms with Crippen LogP contribution in [0, 0.1) is 18.1 Å². The molecule has 5 nitrogen and oxygen atoms in total. The van der Waals surface area contributed by atoms with Gasteiger partial charge in [0.15, 0.2) is 0 Å². The first-order chi connectivity index (χ1) is 27.9. The van der Waals surface area contributed by atoms with E-state index in [1.807, 2.05) is 36.4 Å². The van der Waals surface area contributed by atoms with Crippen LogP contribution >= 0.6 is 0 Å². The van der Waals surface area contributed by atoms with Crippen LogP contribution in [0.2, 0.25) is 17.3 Å². The minimum atomic E-state index is -1.86. The van der Waals surface area contributed by atoms with Crippen molar-refractivity contribution in [3.05, 3.63) is 150 Å². The first kappa shape index (κ1) is 42.3. The van der Waals surface area contributed by atoms with E-state index in [9.17, 15) is 0 Å². The molecule has 0 aliphatic heterocycles. The molecule has 0 spiro atoms. The molecular formula is C52H52GeIrN4O-2. The van der Waals surface area contributed by atoms with Crippen LogP contribution in [0.3, 0.4) is 0 Å². The van der Waals surface area contributed by atoms with E-state index in [0.29, 0.717) is 23.5 Å². The molecule has 0 atom stereocenters. The molecule has 0 aliphatic rings. The standard InChI is InChI=1S/C34H28N3O.C18H24GeN.Ir/c1-20(2)27-19-22-11-5-6-12-23(22)30(21(3)4)31(27)37-29-17-8-7-16-28(29)36-33(37)26-14-9-13-24-25-15-10-18-35-34(25)38-32(24)26;1-14(2)11-16-12-18(15-9-7-6-8-10-15)20-13-17(16)19(3,4)5;/h5-13,15-21H,1-4H3;6-9,12-14H,11H2,1-5H3;/q2*-1;. The zero-order valence-corrected chi connectivity index (χ0v) is 40.0. The summed E-state index contributed by atoms with van der Waals surface area (Å²) in [5, 5.41) is 4.57. The van der Waals surface area contributed by atoms with Crippen molar-refractivity contribution >= 4 is 61.5 Å². The molecular weight excluding hydrogens is 961 g/mol. The maximum Gasteiger partial charge on any atom is 0.216 e. The molecule has 7 heteroatoms. The number of imidazole rings is 1. The van der Waals surface area contributed by atoms with Crippen LogP contribution in [-0.4, -0.2) is 32.8 Å². The zero-order chi connectivity index (χ0) is 40.7. The van der Waals surface area contributed by atoms with Crippen LogP contribution in [0.15, 0.2) is 126 Å². The average Bonchev–Trinajstić information content (AvgIpc) is 3.79. The Bertz CT molecular complexity index is 2900. The van der Waals surface area contributed by atoms with Crippen LogP contribution in [0.5, 0.6) is 0 Å². The maximum atomic E-state index is 6.35. The van der Waals surface area contributed by atoms with Gasteiger partial charge in [-0.2, -0.15) is 0 Å². The molecule has 9 aromatic rings. The fraction of sp³-hybridized carbons (Fsp3) is 0.250. The second-order valence-corrected chi connectivity index (χ2v) is 28.0. The Morgan fingerprint density at radius 3 is 2.20 bits per heavy atom. The van der Waals surface area contributed by atoms with E-state index in [4.69, 9.17) is 14.4 Å². The summed E-state index contributed by atoms with van der Waals surface area (Å²) >= 11 is -1.86. The Hall–Kier alpha value is -4.88. The van der Waals surface area contributed by atoms with Crippen molar-refractivity contribution in [2.75, 3.05) is 0 Å². The SMILES string of the molecule is CC(C)Cc1cc(-c2[c-]cccc2)nc[c]1[Ge]([CH3])([CH3])[CH3].CC(C)c1cc2ccccc2c(C(C)C)c1-n1c(-c2[c-]ccc3c2oc2ncccc23)nc2ccccc21.[Ir]. The number of nitrogens with zero attached hydrogens (tertiary/aromatic N) is 4. The third-order valence-corrected chi connectivity index (χ3v) is 15.3. The van der Waals surface area contributed by atoms with E-state index in [1.54, 1.807) is 10.6 Å². The maximum absolute atomic E-state index is 6.35. The second-order valence-electron chi connectivity index (χ2n) is 17.4. The Kier molecular flexibility index (Phi) is 12.4. The third-order valence-electron chi connectivity index (χ3n) is 10.9. The zero-order valence-electron chi connectivity index (χ0n) is 35.5. The van der Waals surface area contributed by atoms with Crippen LogP contribution in [-0.2, 0) is 26.5 Å². The molecule has 0 bridgehead atoms. The predicted octanol–water partition coefficient (Wildman–Crippen LogP) is 13.5. The monoisotopic (exact) mass is 1020 g/mol. The molecule has 4 aromatic heterocycles. The van der Waals surface area contributed by atoms with E-state index >= 15 is 0 Å². The summed E-state index contributed by atoms with van der Waals surface area (Å²) in [4.78, 5) is 14.4. The summed E-state index contributed by atoms with van der Waals surface area (Å²) in [6, 6.07) is 44.6. The summed E-state index contributed by atoms with van der Waals surface area (Å²) < 4.78 is 10.2. The Morgan fingerprint density at radius 2 is 1.47 bits per heavy atom. The van der Waals surface area contributed by atoms with Gasteiger partial charge in [-0.3, -0.25) is 4.98 Å². The first-order valence-corrected chi connectivity index (χ1v) is 27.9. The van der Waals surface area contributed by atoms with Gasteiger partial charge >= 0.3 is 126 Å². The number of para-hydroxylation sites is 2. The molecule has 0 N–H and O–H groups in total. The minimum absolute atomic E-state index is 0. The quantitative estimate of drug-likeness (QED) is 0.112. The van der Waals surface area contributed by atoms with Gasteiger partial charge in [0.1, 0.15) is 0 Å². The number of aromatic nitrogens is 4. The number of pyridine rings is 2. The van der Waals surface area contributed by atoms with Crippen LogP contribution in [0.25, 0.3) is 72.2 Å².